The van der Waals surface area contributed by atoms with Gasteiger partial charge in [0.25, 0.3) is 0 Å². The van der Waals surface area contributed by atoms with Gasteiger partial charge >= 0.3 is 5.97 Å². The SMILES string of the molecule is COC(=O)C1C=c2c(Cl)ccc(F)c2=N1. The summed E-state index contributed by atoms with van der Waals surface area (Å²) < 4.78 is 17.8. The van der Waals surface area contributed by atoms with E-state index in [1.165, 1.54) is 25.3 Å². The monoisotopic (exact) mass is 227 g/mol. The van der Waals surface area contributed by atoms with Gasteiger partial charge in [-0.25, -0.2) is 9.18 Å². The number of methoxy groups -OCH3 is 1. The van der Waals surface area contributed by atoms with Crippen LogP contribution in [0.3, 0.4) is 0 Å². The summed E-state index contributed by atoms with van der Waals surface area (Å²) in [5, 5.41) is 0.950. The Hall–Kier alpha value is -1.42. The number of benzene rings is 1. The Morgan fingerprint density at radius 2 is 2.33 bits per heavy atom. The molecule has 0 fully saturated rings. The van der Waals surface area contributed by atoms with E-state index >= 15 is 0 Å². The van der Waals surface area contributed by atoms with Gasteiger partial charge < -0.3 is 4.74 Å². The number of ether oxygens (including phenoxy) is 1. The van der Waals surface area contributed by atoms with Crippen molar-refractivity contribution >= 4 is 23.6 Å². The van der Waals surface area contributed by atoms with E-state index in [1.54, 1.807) is 0 Å². The van der Waals surface area contributed by atoms with Crippen LogP contribution in [0.1, 0.15) is 0 Å². The quantitative estimate of drug-likeness (QED) is 0.653. The lowest BCUT2D eigenvalue weighted by molar-refractivity contribution is -0.140. The van der Waals surface area contributed by atoms with Gasteiger partial charge in [-0.2, -0.15) is 0 Å². The average molecular weight is 228 g/mol. The van der Waals surface area contributed by atoms with Crippen LogP contribution in [0.25, 0.3) is 6.08 Å². The lowest BCUT2D eigenvalue weighted by Gasteiger charge is -1.99. The van der Waals surface area contributed by atoms with Crippen LogP contribution in [0.4, 0.5) is 4.39 Å². The van der Waals surface area contributed by atoms with E-state index in [0.29, 0.717) is 10.2 Å². The molecule has 0 aliphatic carbocycles. The number of hydrogen-bond donors (Lipinski definition) is 0. The first-order valence-corrected chi connectivity index (χ1v) is 4.63. The maximum atomic E-state index is 13.3. The van der Waals surface area contributed by atoms with Crippen molar-refractivity contribution in [2.75, 3.05) is 7.11 Å². The number of carbonyl (C=O) groups is 1. The van der Waals surface area contributed by atoms with Crippen molar-refractivity contribution in [3.8, 4) is 0 Å². The summed E-state index contributed by atoms with van der Waals surface area (Å²) in [6.45, 7) is 0. The van der Waals surface area contributed by atoms with Gasteiger partial charge in [-0.3, -0.25) is 4.99 Å². The minimum atomic E-state index is -0.792. The Labute approximate surface area is 89.8 Å². The number of carbonyl (C=O) groups excluding carboxylic acids is 1. The van der Waals surface area contributed by atoms with E-state index in [-0.39, 0.29) is 5.36 Å². The van der Waals surface area contributed by atoms with Crippen LogP contribution in [0.15, 0.2) is 17.1 Å². The van der Waals surface area contributed by atoms with Gasteiger partial charge in [-0.15, -0.1) is 0 Å². The molecule has 0 N–H and O–H groups in total. The largest absolute Gasteiger partial charge is 0.467 e. The van der Waals surface area contributed by atoms with Crippen molar-refractivity contribution in [1.29, 1.82) is 0 Å². The fourth-order valence-electron chi connectivity index (χ4n) is 1.42. The van der Waals surface area contributed by atoms with E-state index < -0.39 is 17.8 Å². The van der Waals surface area contributed by atoms with E-state index in [1.807, 2.05) is 0 Å². The number of nitrogens with zero attached hydrogens (tertiary/aromatic N) is 1. The van der Waals surface area contributed by atoms with Crippen LogP contribution in [-0.4, -0.2) is 19.1 Å². The molecule has 5 heteroatoms. The highest BCUT2D eigenvalue weighted by molar-refractivity contribution is 6.30. The Kier molecular flexibility index (Phi) is 2.44. The molecule has 0 saturated carbocycles. The van der Waals surface area contributed by atoms with Crippen LogP contribution < -0.4 is 10.6 Å². The molecule has 15 heavy (non-hydrogen) atoms. The van der Waals surface area contributed by atoms with E-state index in [9.17, 15) is 9.18 Å². The average Bonchev–Trinajstić information content (AvgIpc) is 2.68. The third kappa shape index (κ3) is 1.61. The number of hydrogen-bond acceptors (Lipinski definition) is 3. The molecule has 0 amide bonds. The maximum absolute atomic E-state index is 13.3. The standard InChI is InChI=1S/C10H7ClFNO2/c1-15-10(14)8-4-5-6(11)2-3-7(12)9(5)13-8/h2-4,8H,1H3. The second kappa shape index (κ2) is 3.62. The zero-order chi connectivity index (χ0) is 11.0. The first kappa shape index (κ1) is 10.1. The number of esters is 1. The molecule has 78 valence electrons. The van der Waals surface area contributed by atoms with E-state index in [2.05, 4.69) is 9.73 Å². The molecule has 2 rings (SSSR count). The van der Waals surface area contributed by atoms with Gasteiger partial charge in [0.05, 0.1) is 7.11 Å². The third-order valence-electron chi connectivity index (χ3n) is 2.15. The highest BCUT2D eigenvalue weighted by atomic mass is 35.5. The second-order valence-corrected chi connectivity index (χ2v) is 3.46. The van der Waals surface area contributed by atoms with Crippen molar-refractivity contribution in [2.45, 2.75) is 6.04 Å². The predicted molar refractivity (Wildman–Crippen MR) is 52.5 cm³/mol. The maximum Gasteiger partial charge on any atom is 0.334 e. The number of rotatable bonds is 1. The highest BCUT2D eigenvalue weighted by Gasteiger charge is 2.20. The molecule has 1 aromatic carbocycles. The Balaban J connectivity index is 2.62. The molecular weight excluding hydrogens is 221 g/mol. The minimum Gasteiger partial charge on any atom is -0.467 e. The first-order chi connectivity index (χ1) is 7.13. The smallest absolute Gasteiger partial charge is 0.334 e. The van der Waals surface area contributed by atoms with E-state index in [4.69, 9.17) is 11.6 Å². The zero-order valence-electron chi connectivity index (χ0n) is 7.83. The molecule has 1 aliphatic heterocycles. The fraction of sp³-hybridized carbons (Fsp3) is 0.200. The number of fused-ring (bicyclic) bond motifs is 1. The van der Waals surface area contributed by atoms with E-state index in [0.717, 1.165) is 0 Å². The molecule has 1 aliphatic rings. The molecule has 0 bridgehead atoms. The highest BCUT2D eigenvalue weighted by Crippen LogP contribution is 2.06. The molecule has 1 atom stereocenters. The molecule has 3 nitrogen and oxygen atoms in total. The van der Waals surface area contributed by atoms with Gasteiger partial charge in [0.1, 0.15) is 11.2 Å². The van der Waals surface area contributed by atoms with Gasteiger partial charge in [-0.05, 0) is 18.2 Å². The van der Waals surface area contributed by atoms with Crippen molar-refractivity contribution in [1.82, 2.24) is 0 Å². The predicted octanol–water partition coefficient (Wildman–Crippen LogP) is 0.434. The third-order valence-corrected chi connectivity index (χ3v) is 2.48. The summed E-state index contributed by atoms with van der Waals surface area (Å²) in [4.78, 5) is 15.1. The Bertz CT molecular complexity index is 500. The molecule has 0 radical (unpaired) electrons. The summed E-state index contributed by atoms with van der Waals surface area (Å²) >= 11 is 5.84. The molecular formula is C10H7ClFNO2. The van der Waals surface area contributed by atoms with Crippen molar-refractivity contribution in [3.63, 3.8) is 0 Å². The van der Waals surface area contributed by atoms with Crippen LogP contribution in [0.5, 0.6) is 0 Å². The minimum absolute atomic E-state index is 0.123. The first-order valence-electron chi connectivity index (χ1n) is 4.25. The van der Waals surface area contributed by atoms with Crippen molar-refractivity contribution < 1.29 is 13.9 Å². The zero-order valence-corrected chi connectivity index (χ0v) is 8.58. The molecule has 1 aromatic rings. The van der Waals surface area contributed by atoms with Gasteiger partial charge in [-0.1, -0.05) is 11.6 Å². The van der Waals surface area contributed by atoms with Crippen LogP contribution in [0, 0.1) is 5.82 Å². The van der Waals surface area contributed by atoms with Gasteiger partial charge in [0, 0.05) is 10.2 Å². The lowest BCUT2D eigenvalue weighted by atomic mass is 10.2. The molecule has 1 heterocycles. The summed E-state index contributed by atoms with van der Waals surface area (Å²) in [7, 11) is 1.26. The molecule has 0 spiro atoms. The Morgan fingerprint density at radius 1 is 1.60 bits per heavy atom. The van der Waals surface area contributed by atoms with Gasteiger partial charge in [0.2, 0.25) is 0 Å². The number of halogens is 2. The van der Waals surface area contributed by atoms with Crippen LogP contribution in [0.2, 0.25) is 5.02 Å². The van der Waals surface area contributed by atoms with Crippen molar-refractivity contribution in [2.24, 2.45) is 4.99 Å². The van der Waals surface area contributed by atoms with Crippen LogP contribution in [-0.2, 0) is 9.53 Å². The molecule has 1 unspecified atom stereocenters. The fourth-order valence-corrected chi connectivity index (χ4v) is 1.64. The Morgan fingerprint density at radius 3 is 2.93 bits per heavy atom. The lowest BCUT2D eigenvalue weighted by Crippen LogP contribution is -2.26. The second-order valence-electron chi connectivity index (χ2n) is 3.06. The summed E-state index contributed by atoms with van der Waals surface area (Å²) in [6, 6.07) is 1.86. The summed E-state index contributed by atoms with van der Waals surface area (Å²) in [6.07, 6.45) is 1.49. The topological polar surface area (TPSA) is 38.7 Å². The van der Waals surface area contributed by atoms with Crippen molar-refractivity contribution in [3.05, 3.63) is 33.5 Å². The molecule has 0 aromatic heterocycles. The normalized spacial score (nSPS) is 17.7. The molecule has 0 saturated heterocycles. The van der Waals surface area contributed by atoms with Gasteiger partial charge in [0.15, 0.2) is 6.04 Å². The summed E-state index contributed by atoms with van der Waals surface area (Å²) in [5.41, 5.74) is 0. The van der Waals surface area contributed by atoms with Crippen LogP contribution >= 0.6 is 11.6 Å². The summed E-state index contributed by atoms with van der Waals surface area (Å²) in [5.74, 6) is -1.02.